The lowest BCUT2D eigenvalue weighted by molar-refractivity contribution is 0.0730. The van der Waals surface area contributed by atoms with E-state index < -0.39 is 22.2 Å². The standard InChI is InChI=1S/C21H23N3O6S/c25-20(22-14-18-15-24(21(26)30-18)17-4-2-1-3-5-17)16-6-8-19(9-7-16)31(27,28)23-10-12-29-13-11-23/h1-9,18H,10-15H2,(H,22,25). The number of benzene rings is 2. The first-order valence-electron chi connectivity index (χ1n) is 9.94. The fraction of sp³-hybridized carbons (Fsp3) is 0.333. The first-order valence-corrected chi connectivity index (χ1v) is 11.4. The predicted molar refractivity (Wildman–Crippen MR) is 112 cm³/mol. The fourth-order valence-corrected chi connectivity index (χ4v) is 4.88. The fourth-order valence-electron chi connectivity index (χ4n) is 3.47. The Bertz CT molecular complexity index is 1040. The Hall–Kier alpha value is -2.95. The first kappa shape index (κ1) is 21.3. The minimum absolute atomic E-state index is 0.133. The molecule has 2 aromatic rings. The molecule has 2 aliphatic rings. The summed E-state index contributed by atoms with van der Waals surface area (Å²) < 4.78 is 37.2. The van der Waals surface area contributed by atoms with E-state index in [0.717, 1.165) is 5.69 Å². The van der Waals surface area contributed by atoms with Crippen molar-refractivity contribution < 1.29 is 27.5 Å². The summed E-state index contributed by atoms with van der Waals surface area (Å²) in [5, 5.41) is 2.74. The number of rotatable bonds is 6. The summed E-state index contributed by atoms with van der Waals surface area (Å²) in [6.07, 6.45) is -0.930. The molecule has 0 spiro atoms. The van der Waals surface area contributed by atoms with Gasteiger partial charge in [-0.2, -0.15) is 4.31 Å². The van der Waals surface area contributed by atoms with E-state index in [1.54, 1.807) is 0 Å². The number of ether oxygens (including phenoxy) is 2. The van der Waals surface area contributed by atoms with E-state index in [1.165, 1.54) is 33.5 Å². The summed E-state index contributed by atoms with van der Waals surface area (Å²) in [4.78, 5) is 26.2. The molecule has 1 unspecified atom stereocenters. The van der Waals surface area contributed by atoms with E-state index in [1.807, 2.05) is 30.3 Å². The molecule has 2 amide bonds. The van der Waals surface area contributed by atoms with Crippen molar-refractivity contribution in [1.29, 1.82) is 0 Å². The van der Waals surface area contributed by atoms with E-state index in [-0.39, 0.29) is 17.3 Å². The summed E-state index contributed by atoms with van der Waals surface area (Å²) in [5.41, 5.74) is 1.06. The highest BCUT2D eigenvalue weighted by molar-refractivity contribution is 7.89. The van der Waals surface area contributed by atoms with Gasteiger partial charge in [0.1, 0.15) is 6.10 Å². The predicted octanol–water partition coefficient (Wildman–Crippen LogP) is 1.46. The Morgan fingerprint density at radius 1 is 1.03 bits per heavy atom. The van der Waals surface area contributed by atoms with Gasteiger partial charge in [-0.1, -0.05) is 18.2 Å². The van der Waals surface area contributed by atoms with E-state index in [2.05, 4.69) is 5.32 Å². The van der Waals surface area contributed by atoms with Crippen LogP contribution in [0.3, 0.4) is 0 Å². The molecule has 2 aromatic carbocycles. The van der Waals surface area contributed by atoms with Gasteiger partial charge in [-0.3, -0.25) is 9.69 Å². The first-order chi connectivity index (χ1) is 14.9. The molecule has 2 saturated heterocycles. The second kappa shape index (κ2) is 9.04. The molecule has 0 aliphatic carbocycles. The van der Waals surface area contributed by atoms with Crippen molar-refractivity contribution in [2.75, 3.05) is 44.3 Å². The molecule has 2 fully saturated rings. The molecule has 1 atom stereocenters. The summed E-state index contributed by atoms with van der Waals surface area (Å²) in [7, 11) is -3.61. The van der Waals surface area contributed by atoms with Crippen LogP contribution in [0.1, 0.15) is 10.4 Å². The van der Waals surface area contributed by atoms with E-state index >= 15 is 0 Å². The highest BCUT2D eigenvalue weighted by Gasteiger charge is 2.32. The van der Waals surface area contributed by atoms with Gasteiger partial charge in [-0.15, -0.1) is 0 Å². The van der Waals surface area contributed by atoms with Gasteiger partial charge in [0.2, 0.25) is 10.0 Å². The maximum absolute atomic E-state index is 12.7. The van der Waals surface area contributed by atoms with Gasteiger partial charge in [0.25, 0.3) is 5.91 Å². The van der Waals surface area contributed by atoms with Gasteiger partial charge in [0, 0.05) is 24.3 Å². The molecular weight excluding hydrogens is 422 g/mol. The van der Waals surface area contributed by atoms with Crippen LogP contribution in [0.4, 0.5) is 10.5 Å². The average Bonchev–Trinajstić information content (AvgIpc) is 3.19. The molecule has 0 bridgehead atoms. The lowest BCUT2D eigenvalue weighted by Gasteiger charge is -2.26. The molecule has 1 N–H and O–H groups in total. The molecular formula is C21H23N3O6S. The summed E-state index contributed by atoms with van der Waals surface area (Å²) in [6, 6.07) is 14.9. The topological polar surface area (TPSA) is 105 Å². The molecule has 31 heavy (non-hydrogen) atoms. The minimum Gasteiger partial charge on any atom is -0.442 e. The average molecular weight is 445 g/mol. The maximum Gasteiger partial charge on any atom is 0.414 e. The maximum atomic E-state index is 12.7. The van der Waals surface area contributed by atoms with Crippen LogP contribution < -0.4 is 10.2 Å². The zero-order valence-corrected chi connectivity index (χ0v) is 17.6. The number of hydrogen-bond donors (Lipinski definition) is 1. The third-order valence-electron chi connectivity index (χ3n) is 5.16. The number of nitrogens with one attached hydrogen (secondary N) is 1. The third kappa shape index (κ3) is 4.71. The van der Waals surface area contributed by atoms with Gasteiger partial charge in [-0.25, -0.2) is 13.2 Å². The number of cyclic esters (lactones) is 1. The number of amides is 2. The van der Waals surface area contributed by atoms with Gasteiger partial charge >= 0.3 is 6.09 Å². The number of hydrogen-bond acceptors (Lipinski definition) is 6. The largest absolute Gasteiger partial charge is 0.442 e. The van der Waals surface area contributed by atoms with Gasteiger partial charge in [-0.05, 0) is 36.4 Å². The Kier molecular flexibility index (Phi) is 6.21. The third-order valence-corrected chi connectivity index (χ3v) is 7.07. The second-order valence-electron chi connectivity index (χ2n) is 7.20. The summed E-state index contributed by atoms with van der Waals surface area (Å²) in [5.74, 6) is -0.371. The van der Waals surface area contributed by atoms with E-state index in [9.17, 15) is 18.0 Å². The number of nitrogens with zero attached hydrogens (tertiary/aromatic N) is 2. The van der Waals surface area contributed by atoms with Crippen LogP contribution in [-0.2, 0) is 19.5 Å². The molecule has 2 aliphatic heterocycles. The molecule has 0 radical (unpaired) electrons. The Balaban J connectivity index is 1.34. The molecule has 2 heterocycles. The smallest absolute Gasteiger partial charge is 0.414 e. The van der Waals surface area contributed by atoms with Crippen LogP contribution in [-0.4, -0.2) is 70.2 Å². The Labute approximate surface area is 180 Å². The Morgan fingerprint density at radius 3 is 2.39 bits per heavy atom. The zero-order valence-electron chi connectivity index (χ0n) is 16.8. The van der Waals surface area contributed by atoms with Crippen molar-refractivity contribution in [3.8, 4) is 0 Å². The normalized spacial score (nSPS) is 19.8. The molecule has 0 saturated carbocycles. The molecule has 9 nitrogen and oxygen atoms in total. The van der Waals surface area contributed by atoms with Crippen LogP contribution in [0.5, 0.6) is 0 Å². The molecule has 4 rings (SSSR count). The van der Waals surface area contributed by atoms with Crippen LogP contribution in [0, 0.1) is 0 Å². The lowest BCUT2D eigenvalue weighted by Crippen LogP contribution is -2.40. The van der Waals surface area contributed by atoms with Crippen LogP contribution in [0.25, 0.3) is 0 Å². The van der Waals surface area contributed by atoms with Crippen molar-refractivity contribution >= 4 is 27.7 Å². The number of carbonyl (C=O) groups excluding carboxylic acids is 2. The lowest BCUT2D eigenvalue weighted by atomic mass is 10.2. The Morgan fingerprint density at radius 2 is 1.71 bits per heavy atom. The number of para-hydroxylation sites is 1. The van der Waals surface area contributed by atoms with Gasteiger partial charge in [0.05, 0.1) is 31.2 Å². The van der Waals surface area contributed by atoms with Crippen LogP contribution in [0.15, 0.2) is 59.5 Å². The SMILES string of the molecule is O=C(NCC1CN(c2ccccc2)C(=O)O1)c1ccc(S(=O)(=O)N2CCOCC2)cc1. The minimum atomic E-state index is -3.61. The van der Waals surface area contributed by atoms with Crippen molar-refractivity contribution in [1.82, 2.24) is 9.62 Å². The second-order valence-corrected chi connectivity index (χ2v) is 9.14. The van der Waals surface area contributed by atoms with Gasteiger partial charge in [0.15, 0.2) is 0 Å². The van der Waals surface area contributed by atoms with Gasteiger partial charge < -0.3 is 14.8 Å². The molecule has 10 heteroatoms. The molecule has 0 aromatic heterocycles. The quantitative estimate of drug-likeness (QED) is 0.722. The van der Waals surface area contributed by atoms with Crippen molar-refractivity contribution in [2.24, 2.45) is 0 Å². The summed E-state index contributed by atoms with van der Waals surface area (Å²) >= 11 is 0. The van der Waals surface area contributed by atoms with Crippen molar-refractivity contribution in [2.45, 2.75) is 11.0 Å². The monoisotopic (exact) mass is 445 g/mol. The highest BCUT2D eigenvalue weighted by Crippen LogP contribution is 2.21. The van der Waals surface area contributed by atoms with Crippen molar-refractivity contribution in [3.63, 3.8) is 0 Å². The number of anilines is 1. The number of morpholine rings is 1. The van der Waals surface area contributed by atoms with E-state index in [4.69, 9.17) is 9.47 Å². The highest BCUT2D eigenvalue weighted by atomic mass is 32.2. The molecule has 164 valence electrons. The van der Waals surface area contributed by atoms with Crippen LogP contribution >= 0.6 is 0 Å². The number of carbonyl (C=O) groups is 2. The zero-order chi connectivity index (χ0) is 21.8. The number of sulfonamides is 1. The van der Waals surface area contributed by atoms with Crippen molar-refractivity contribution in [3.05, 3.63) is 60.2 Å². The van der Waals surface area contributed by atoms with Crippen LogP contribution in [0.2, 0.25) is 0 Å². The summed E-state index contributed by atoms with van der Waals surface area (Å²) in [6.45, 7) is 1.84. The van der Waals surface area contributed by atoms with E-state index in [0.29, 0.717) is 38.4 Å².